The Bertz CT molecular complexity index is 967. The summed E-state index contributed by atoms with van der Waals surface area (Å²) in [4.78, 5) is 28.1. The molecule has 0 spiro atoms. The second-order valence-corrected chi connectivity index (χ2v) is 10.8. The van der Waals surface area contributed by atoms with Crippen LogP contribution in [0.15, 0.2) is 46.9 Å². The zero-order valence-electron chi connectivity index (χ0n) is 21.6. The normalized spacial score (nSPS) is 13.2. The van der Waals surface area contributed by atoms with Gasteiger partial charge in [0.2, 0.25) is 5.91 Å². The lowest BCUT2D eigenvalue weighted by atomic mass is 9.87. The third kappa shape index (κ3) is 7.86. The number of halogens is 1. The fourth-order valence-electron chi connectivity index (χ4n) is 3.56. The van der Waals surface area contributed by atoms with E-state index in [0.29, 0.717) is 18.7 Å². The summed E-state index contributed by atoms with van der Waals surface area (Å²) in [5.74, 6) is 0.250. The number of nitrogens with zero attached hydrogens (tertiary/aromatic N) is 1. The zero-order valence-corrected chi connectivity index (χ0v) is 23.2. The molecule has 2 rings (SSSR count). The first kappa shape index (κ1) is 27.9. The Labute approximate surface area is 213 Å². The van der Waals surface area contributed by atoms with E-state index in [1.807, 2.05) is 70.2 Å². The van der Waals surface area contributed by atoms with Crippen LogP contribution in [0.25, 0.3) is 0 Å². The van der Waals surface area contributed by atoms with Crippen LogP contribution in [-0.2, 0) is 21.5 Å². The van der Waals surface area contributed by atoms with E-state index in [1.54, 1.807) is 4.90 Å². The van der Waals surface area contributed by atoms with Gasteiger partial charge in [-0.25, -0.2) is 0 Å². The molecule has 0 aliphatic heterocycles. The van der Waals surface area contributed by atoms with Crippen molar-refractivity contribution in [1.29, 1.82) is 0 Å². The van der Waals surface area contributed by atoms with E-state index in [-0.39, 0.29) is 29.9 Å². The Hall–Kier alpha value is -2.34. The van der Waals surface area contributed by atoms with Crippen molar-refractivity contribution in [2.24, 2.45) is 0 Å². The van der Waals surface area contributed by atoms with Gasteiger partial charge >= 0.3 is 0 Å². The minimum Gasteiger partial charge on any atom is -0.483 e. The number of nitrogens with one attached hydrogen (secondary N) is 1. The van der Waals surface area contributed by atoms with Gasteiger partial charge < -0.3 is 15.0 Å². The fraction of sp³-hybridized carbons (Fsp3) is 0.500. The maximum absolute atomic E-state index is 13.4. The monoisotopic (exact) mass is 530 g/mol. The van der Waals surface area contributed by atoms with E-state index in [4.69, 9.17) is 4.74 Å². The molecular formula is C28H39BrN2O3. The van der Waals surface area contributed by atoms with Crippen LogP contribution in [0.2, 0.25) is 0 Å². The first-order valence-electron chi connectivity index (χ1n) is 12.0. The van der Waals surface area contributed by atoms with Gasteiger partial charge in [-0.3, -0.25) is 9.59 Å². The van der Waals surface area contributed by atoms with Crippen LogP contribution in [-0.4, -0.2) is 35.4 Å². The molecule has 0 aromatic heterocycles. The summed E-state index contributed by atoms with van der Waals surface area (Å²) in [6.07, 6.45) is 1.35. The third-order valence-electron chi connectivity index (χ3n) is 6.01. The molecule has 1 N–H and O–H groups in total. The highest BCUT2D eigenvalue weighted by atomic mass is 79.9. The van der Waals surface area contributed by atoms with Crippen molar-refractivity contribution >= 4 is 27.7 Å². The zero-order chi connectivity index (χ0) is 25.5. The van der Waals surface area contributed by atoms with Gasteiger partial charge in [-0.05, 0) is 71.3 Å². The van der Waals surface area contributed by atoms with Crippen molar-refractivity contribution in [2.75, 3.05) is 6.61 Å². The molecule has 0 heterocycles. The maximum Gasteiger partial charge on any atom is 0.261 e. The van der Waals surface area contributed by atoms with Crippen LogP contribution in [0.3, 0.4) is 0 Å². The van der Waals surface area contributed by atoms with Crippen molar-refractivity contribution in [1.82, 2.24) is 10.2 Å². The number of hydrogen-bond acceptors (Lipinski definition) is 3. The topological polar surface area (TPSA) is 58.6 Å². The van der Waals surface area contributed by atoms with Crippen LogP contribution in [0.5, 0.6) is 5.75 Å². The van der Waals surface area contributed by atoms with Gasteiger partial charge in [-0.1, -0.05) is 70.5 Å². The quantitative estimate of drug-likeness (QED) is 0.400. The molecular weight excluding hydrogens is 492 g/mol. The number of carbonyl (C=O) groups is 2. The maximum atomic E-state index is 13.4. The van der Waals surface area contributed by atoms with Gasteiger partial charge in [-0.2, -0.15) is 0 Å². The van der Waals surface area contributed by atoms with E-state index >= 15 is 0 Å². The molecule has 6 heteroatoms. The number of ether oxygens (including phenoxy) is 1. The van der Waals surface area contributed by atoms with Crippen LogP contribution in [0, 0.1) is 6.92 Å². The lowest BCUT2D eigenvalue weighted by Crippen LogP contribution is -2.51. The molecule has 2 atom stereocenters. The Morgan fingerprint density at radius 3 is 2.24 bits per heavy atom. The number of carbonyl (C=O) groups excluding carboxylic acids is 2. The van der Waals surface area contributed by atoms with Gasteiger partial charge in [0, 0.05) is 12.6 Å². The standard InChI is InChI=1S/C28H39BrN2O3/c1-8-20(4)30-27(33)24(9-2)31(17-21-12-10-19(3)11-13-21)26(32)18-34-25-15-14-22(16-23(25)29)28(5,6)7/h10-16,20,24H,8-9,17-18H2,1-7H3,(H,30,33)/t20-,24+/m0/s1. The average molecular weight is 532 g/mol. The van der Waals surface area contributed by atoms with Crippen LogP contribution >= 0.6 is 15.9 Å². The van der Waals surface area contributed by atoms with Gasteiger partial charge in [0.05, 0.1) is 4.47 Å². The number of aryl methyl sites for hydroxylation is 1. The van der Waals surface area contributed by atoms with E-state index in [0.717, 1.165) is 22.0 Å². The molecule has 5 nitrogen and oxygen atoms in total. The first-order chi connectivity index (χ1) is 16.0. The Balaban J connectivity index is 2.24. The Morgan fingerprint density at radius 2 is 1.71 bits per heavy atom. The molecule has 34 heavy (non-hydrogen) atoms. The van der Waals surface area contributed by atoms with Crippen molar-refractivity contribution < 1.29 is 14.3 Å². The van der Waals surface area contributed by atoms with Crippen molar-refractivity contribution in [2.45, 2.75) is 85.4 Å². The van der Waals surface area contributed by atoms with Crippen molar-refractivity contribution in [3.8, 4) is 5.75 Å². The van der Waals surface area contributed by atoms with Crippen molar-refractivity contribution in [3.05, 3.63) is 63.6 Å². The molecule has 0 aliphatic rings. The summed E-state index contributed by atoms with van der Waals surface area (Å²) in [5.41, 5.74) is 3.31. The predicted octanol–water partition coefficient (Wildman–Crippen LogP) is 6.16. The highest BCUT2D eigenvalue weighted by Gasteiger charge is 2.29. The predicted molar refractivity (Wildman–Crippen MR) is 142 cm³/mol. The van der Waals surface area contributed by atoms with Crippen LogP contribution < -0.4 is 10.1 Å². The van der Waals surface area contributed by atoms with Crippen LogP contribution in [0.4, 0.5) is 0 Å². The number of hydrogen-bond donors (Lipinski definition) is 1. The number of amides is 2. The van der Waals surface area contributed by atoms with Crippen molar-refractivity contribution in [3.63, 3.8) is 0 Å². The second-order valence-electron chi connectivity index (χ2n) is 9.93. The van der Waals surface area contributed by atoms with Gasteiger partial charge in [0.15, 0.2) is 6.61 Å². The largest absolute Gasteiger partial charge is 0.483 e. The highest BCUT2D eigenvalue weighted by Crippen LogP contribution is 2.31. The first-order valence-corrected chi connectivity index (χ1v) is 12.8. The lowest BCUT2D eigenvalue weighted by Gasteiger charge is -2.31. The van der Waals surface area contributed by atoms with E-state index in [9.17, 15) is 9.59 Å². The summed E-state index contributed by atoms with van der Waals surface area (Å²) in [5, 5.41) is 3.03. The van der Waals surface area contributed by atoms with E-state index in [2.05, 4.69) is 42.0 Å². The Morgan fingerprint density at radius 1 is 1.06 bits per heavy atom. The third-order valence-corrected chi connectivity index (χ3v) is 6.63. The SMILES string of the molecule is CC[C@H](C(=O)N[C@@H](C)CC)N(Cc1ccc(C)cc1)C(=O)COc1ccc(C(C)(C)C)cc1Br. The molecule has 0 bridgehead atoms. The summed E-state index contributed by atoms with van der Waals surface area (Å²) in [6.45, 7) is 14.6. The molecule has 0 radical (unpaired) electrons. The van der Waals surface area contributed by atoms with Gasteiger partial charge in [-0.15, -0.1) is 0 Å². The molecule has 0 saturated heterocycles. The van der Waals surface area contributed by atoms with E-state index < -0.39 is 6.04 Å². The summed E-state index contributed by atoms with van der Waals surface area (Å²) < 4.78 is 6.72. The molecule has 0 saturated carbocycles. The second kappa shape index (κ2) is 12.4. The number of benzene rings is 2. The van der Waals surface area contributed by atoms with Gasteiger partial charge in [0.1, 0.15) is 11.8 Å². The number of rotatable bonds is 10. The molecule has 2 aromatic carbocycles. The summed E-state index contributed by atoms with van der Waals surface area (Å²) in [6, 6.07) is 13.4. The molecule has 186 valence electrons. The smallest absolute Gasteiger partial charge is 0.261 e. The Kier molecular flexibility index (Phi) is 10.2. The van der Waals surface area contributed by atoms with Gasteiger partial charge in [0.25, 0.3) is 5.91 Å². The molecule has 0 aliphatic carbocycles. The van der Waals surface area contributed by atoms with Crippen LogP contribution in [0.1, 0.15) is 71.1 Å². The molecule has 0 unspecified atom stereocenters. The molecule has 2 amide bonds. The summed E-state index contributed by atoms with van der Waals surface area (Å²) in [7, 11) is 0. The molecule has 2 aromatic rings. The minimum atomic E-state index is -0.571. The summed E-state index contributed by atoms with van der Waals surface area (Å²) >= 11 is 3.57. The average Bonchev–Trinajstić information content (AvgIpc) is 2.78. The minimum absolute atomic E-state index is 0.0129. The highest BCUT2D eigenvalue weighted by molar-refractivity contribution is 9.10. The van der Waals surface area contributed by atoms with E-state index in [1.165, 1.54) is 5.56 Å². The fourth-order valence-corrected chi connectivity index (χ4v) is 4.05. The lowest BCUT2D eigenvalue weighted by molar-refractivity contribution is -0.143. The molecule has 0 fully saturated rings.